The summed E-state index contributed by atoms with van der Waals surface area (Å²) >= 11 is 1.26. The first-order valence-electron chi connectivity index (χ1n) is 13.1. The van der Waals surface area contributed by atoms with Gasteiger partial charge in [0.05, 0.1) is 35.5 Å². The highest BCUT2D eigenvalue weighted by Crippen LogP contribution is 2.44. The second-order valence-corrected chi connectivity index (χ2v) is 10.5. The van der Waals surface area contributed by atoms with Gasteiger partial charge in [-0.25, -0.2) is 0 Å². The van der Waals surface area contributed by atoms with Crippen molar-refractivity contribution < 1.29 is 19.1 Å². The Bertz CT molecular complexity index is 1510. The van der Waals surface area contributed by atoms with Crippen molar-refractivity contribution in [2.45, 2.75) is 31.8 Å². The number of allylic oxidation sites excluding steroid dienone is 3. The van der Waals surface area contributed by atoms with Gasteiger partial charge in [0.1, 0.15) is 18.1 Å². The number of methoxy groups -OCH3 is 1. The molecule has 0 saturated carbocycles. The number of carbonyl (C=O) groups is 2. The highest BCUT2D eigenvalue weighted by atomic mass is 32.2. The third-order valence-electron chi connectivity index (χ3n) is 6.83. The molecule has 2 N–H and O–H groups in total. The van der Waals surface area contributed by atoms with Gasteiger partial charge >= 0.3 is 0 Å². The van der Waals surface area contributed by atoms with Crippen molar-refractivity contribution in [3.8, 4) is 17.6 Å². The zero-order chi connectivity index (χ0) is 27.9. The Kier molecular flexibility index (Phi) is 8.53. The fourth-order valence-corrected chi connectivity index (χ4v) is 5.77. The second kappa shape index (κ2) is 12.6. The van der Waals surface area contributed by atoms with E-state index in [0.29, 0.717) is 52.8 Å². The van der Waals surface area contributed by atoms with E-state index in [1.165, 1.54) is 11.8 Å². The predicted octanol–water partition coefficient (Wildman–Crippen LogP) is 6.08. The van der Waals surface area contributed by atoms with Crippen molar-refractivity contribution in [3.63, 3.8) is 0 Å². The van der Waals surface area contributed by atoms with E-state index in [0.717, 1.165) is 23.2 Å². The van der Waals surface area contributed by atoms with Gasteiger partial charge in [-0.15, -0.1) is 0 Å². The van der Waals surface area contributed by atoms with Gasteiger partial charge in [0.15, 0.2) is 5.78 Å². The van der Waals surface area contributed by atoms with Gasteiger partial charge in [-0.2, -0.15) is 5.26 Å². The lowest BCUT2D eigenvalue weighted by molar-refractivity contribution is -0.116. The van der Waals surface area contributed by atoms with Crippen LogP contribution in [0.4, 0.5) is 5.69 Å². The van der Waals surface area contributed by atoms with E-state index in [1.54, 1.807) is 31.4 Å². The smallest absolute Gasteiger partial charge is 0.234 e. The molecule has 3 aromatic rings. The number of dihydropyridines is 1. The average molecular weight is 552 g/mol. The lowest BCUT2D eigenvalue weighted by Crippen LogP contribution is -2.31. The van der Waals surface area contributed by atoms with Crippen molar-refractivity contribution in [1.82, 2.24) is 5.32 Å². The maximum Gasteiger partial charge on any atom is 0.234 e. The summed E-state index contributed by atoms with van der Waals surface area (Å²) in [6.07, 6.45) is 1.92. The van der Waals surface area contributed by atoms with Crippen molar-refractivity contribution in [3.05, 3.63) is 112 Å². The number of nitrogens with zero attached hydrogens (tertiary/aromatic N) is 1. The zero-order valence-electron chi connectivity index (χ0n) is 22.1. The van der Waals surface area contributed by atoms with Crippen molar-refractivity contribution in [2.75, 3.05) is 18.2 Å². The van der Waals surface area contributed by atoms with Crippen LogP contribution in [-0.4, -0.2) is 24.6 Å². The number of anilines is 1. The minimum Gasteiger partial charge on any atom is -0.497 e. The SMILES string of the molecule is COc1cccc(NC(=O)CSC2=C(C#N)[C@H](c3ccc(OCc4ccccc4)cc3)C3=C(CCCC3=O)N2)c1. The lowest BCUT2D eigenvalue weighted by atomic mass is 9.77. The van der Waals surface area contributed by atoms with Crippen LogP contribution >= 0.6 is 11.8 Å². The molecule has 7 nitrogen and oxygen atoms in total. The number of benzene rings is 3. The number of hydrogen-bond acceptors (Lipinski definition) is 7. The highest BCUT2D eigenvalue weighted by molar-refractivity contribution is 8.03. The molecule has 0 bridgehead atoms. The molecule has 40 heavy (non-hydrogen) atoms. The van der Waals surface area contributed by atoms with E-state index < -0.39 is 5.92 Å². The van der Waals surface area contributed by atoms with Crippen LogP contribution in [0.5, 0.6) is 11.5 Å². The second-order valence-electron chi connectivity index (χ2n) is 9.49. The van der Waals surface area contributed by atoms with Crippen LogP contribution in [0.25, 0.3) is 0 Å². The van der Waals surface area contributed by atoms with Crippen molar-refractivity contribution >= 4 is 29.1 Å². The largest absolute Gasteiger partial charge is 0.497 e. The summed E-state index contributed by atoms with van der Waals surface area (Å²) in [5, 5.41) is 17.1. The van der Waals surface area contributed by atoms with Gasteiger partial charge in [0.25, 0.3) is 0 Å². The predicted molar refractivity (Wildman–Crippen MR) is 156 cm³/mol. The third-order valence-corrected chi connectivity index (χ3v) is 7.84. The first-order chi connectivity index (χ1) is 19.6. The molecule has 5 rings (SSSR count). The summed E-state index contributed by atoms with van der Waals surface area (Å²) in [4.78, 5) is 25.8. The number of nitrogens with one attached hydrogen (secondary N) is 2. The van der Waals surface area contributed by atoms with Gasteiger partial charge in [-0.1, -0.05) is 60.3 Å². The summed E-state index contributed by atoms with van der Waals surface area (Å²) < 4.78 is 11.2. The van der Waals surface area contributed by atoms with Gasteiger partial charge in [-0.3, -0.25) is 9.59 Å². The van der Waals surface area contributed by atoms with Crippen LogP contribution in [-0.2, 0) is 16.2 Å². The summed E-state index contributed by atoms with van der Waals surface area (Å²) in [5.41, 5.74) is 4.45. The fourth-order valence-electron chi connectivity index (χ4n) is 4.90. The lowest BCUT2D eigenvalue weighted by Gasteiger charge is -2.33. The quantitative estimate of drug-likeness (QED) is 0.333. The summed E-state index contributed by atoms with van der Waals surface area (Å²) in [6, 6.07) is 27.0. The number of ether oxygens (including phenoxy) is 2. The maximum atomic E-state index is 13.1. The van der Waals surface area contributed by atoms with Crippen molar-refractivity contribution in [2.24, 2.45) is 0 Å². The van der Waals surface area contributed by atoms with E-state index in [2.05, 4.69) is 16.7 Å². The van der Waals surface area contributed by atoms with Crippen molar-refractivity contribution in [1.29, 1.82) is 5.26 Å². The summed E-state index contributed by atoms with van der Waals surface area (Å²) in [5.74, 6) is 0.796. The van der Waals surface area contributed by atoms with E-state index in [-0.39, 0.29) is 17.4 Å². The first kappa shape index (κ1) is 27.1. The Morgan fingerprint density at radius 2 is 1.85 bits per heavy atom. The minimum absolute atomic E-state index is 0.0516. The molecule has 8 heteroatoms. The Hall–Kier alpha value is -4.48. The van der Waals surface area contributed by atoms with Gasteiger partial charge < -0.3 is 20.1 Å². The summed E-state index contributed by atoms with van der Waals surface area (Å²) in [7, 11) is 1.57. The monoisotopic (exact) mass is 551 g/mol. The molecule has 1 amide bonds. The van der Waals surface area contributed by atoms with Crippen LogP contribution in [0.3, 0.4) is 0 Å². The van der Waals surface area contributed by atoms with E-state index in [1.807, 2.05) is 54.6 Å². The first-order valence-corrected chi connectivity index (χ1v) is 14.0. The Morgan fingerprint density at radius 1 is 1.05 bits per heavy atom. The normalized spacial score (nSPS) is 16.5. The topological polar surface area (TPSA) is 100 Å². The van der Waals surface area contributed by atoms with Crippen LogP contribution < -0.4 is 20.1 Å². The molecule has 0 saturated heterocycles. The molecule has 2 aliphatic rings. The number of carbonyl (C=O) groups excluding carboxylic acids is 2. The number of rotatable bonds is 9. The maximum absolute atomic E-state index is 13.1. The molecule has 202 valence electrons. The number of Topliss-reactive ketones (excluding diaryl/α,β-unsaturated/α-hetero) is 1. The number of thioether (sulfide) groups is 1. The Labute approximate surface area is 237 Å². The number of ketones is 1. The molecule has 1 aliphatic carbocycles. The summed E-state index contributed by atoms with van der Waals surface area (Å²) in [6.45, 7) is 0.448. The van der Waals surface area contributed by atoms with Gasteiger partial charge in [-0.05, 0) is 48.2 Å². The molecule has 1 heterocycles. The number of nitriles is 1. The molecule has 3 aromatic carbocycles. The van der Waals surface area contributed by atoms with Crippen LogP contribution in [0.2, 0.25) is 0 Å². The van der Waals surface area contributed by atoms with Gasteiger partial charge in [0.2, 0.25) is 5.91 Å². The third kappa shape index (κ3) is 6.22. The molecule has 0 radical (unpaired) electrons. The standard InChI is InChI=1S/C32H29N3O4S/c1-38-25-10-5-9-23(17-25)34-29(37)20-40-32-26(18-33)30(31-27(35-32)11-6-12-28(31)36)22-13-15-24(16-14-22)39-19-21-7-3-2-4-8-21/h2-5,7-10,13-17,30,35H,6,11-12,19-20H2,1H3,(H,34,37)/t30-/m0/s1. The van der Waals surface area contributed by atoms with Crippen LogP contribution in [0, 0.1) is 11.3 Å². The highest BCUT2D eigenvalue weighted by Gasteiger charge is 2.37. The Morgan fingerprint density at radius 3 is 2.60 bits per heavy atom. The molecule has 0 spiro atoms. The zero-order valence-corrected chi connectivity index (χ0v) is 22.9. The molecular formula is C32H29N3O4S. The molecule has 1 aliphatic heterocycles. The van der Waals surface area contributed by atoms with Gasteiger partial charge in [0, 0.05) is 29.4 Å². The molecular weight excluding hydrogens is 522 g/mol. The Balaban J connectivity index is 1.36. The fraction of sp³-hybridized carbons (Fsp3) is 0.219. The molecule has 0 aromatic heterocycles. The van der Waals surface area contributed by atoms with Crippen LogP contribution in [0.15, 0.2) is 101 Å². The number of hydrogen-bond donors (Lipinski definition) is 2. The van der Waals surface area contributed by atoms with E-state index >= 15 is 0 Å². The van der Waals surface area contributed by atoms with E-state index in [4.69, 9.17) is 9.47 Å². The molecule has 1 atom stereocenters. The molecule has 0 unspecified atom stereocenters. The average Bonchev–Trinajstić information content (AvgIpc) is 2.99. The minimum atomic E-state index is -0.499. The van der Waals surface area contributed by atoms with Crippen LogP contribution in [0.1, 0.15) is 36.3 Å². The molecule has 0 fully saturated rings. The van der Waals surface area contributed by atoms with E-state index in [9.17, 15) is 14.9 Å². The number of amides is 1.